The first-order chi connectivity index (χ1) is 32.3. The minimum atomic E-state index is -1.11. The second-order valence-corrected chi connectivity index (χ2v) is 19.9. The lowest BCUT2D eigenvalue weighted by atomic mass is 9.70. The lowest BCUT2D eigenvalue weighted by Crippen LogP contribution is -2.54. The van der Waals surface area contributed by atoms with Crippen LogP contribution < -0.4 is 23.7 Å². The Morgan fingerprint density at radius 3 is 1.32 bits per heavy atom. The topological polar surface area (TPSA) is 97.4 Å². The molecule has 0 aliphatic carbocycles. The Hall–Kier alpha value is -5.89. The molecule has 0 N–H and O–H groups in total. The van der Waals surface area contributed by atoms with Crippen LogP contribution in [0.25, 0.3) is 11.1 Å². The largest absolute Gasteiger partial charge is 0.486 e. The van der Waals surface area contributed by atoms with Crippen LogP contribution in [0.2, 0.25) is 0 Å². The molecule has 8 nitrogen and oxygen atoms in total. The summed E-state index contributed by atoms with van der Waals surface area (Å²) in [6.45, 7) is 22.0. The summed E-state index contributed by atoms with van der Waals surface area (Å²) in [4.78, 5) is 39.4. The average molecular weight is 925 g/mol. The van der Waals surface area contributed by atoms with Crippen LogP contribution in [0.15, 0.2) is 121 Å². The van der Waals surface area contributed by atoms with Crippen molar-refractivity contribution < 1.29 is 38.1 Å². The third kappa shape index (κ3) is 14.1. The van der Waals surface area contributed by atoms with Gasteiger partial charge in [0, 0.05) is 0 Å². The van der Waals surface area contributed by atoms with Crippen LogP contribution in [0.5, 0.6) is 28.7 Å². The zero-order chi connectivity index (χ0) is 49.5. The van der Waals surface area contributed by atoms with Crippen LogP contribution in [0, 0.1) is 11.3 Å². The average Bonchev–Trinajstić information content (AvgIpc) is 3.34. The van der Waals surface area contributed by atoms with Crippen molar-refractivity contribution in [3.8, 4) is 39.9 Å². The van der Waals surface area contributed by atoms with Crippen LogP contribution in [0.1, 0.15) is 151 Å². The monoisotopic (exact) mass is 925 g/mol. The Morgan fingerprint density at radius 1 is 0.456 bits per heavy atom. The quantitative estimate of drug-likeness (QED) is 0.0343. The fourth-order valence-electron chi connectivity index (χ4n) is 8.00. The van der Waals surface area contributed by atoms with E-state index in [-0.39, 0.29) is 23.3 Å². The van der Waals surface area contributed by atoms with Gasteiger partial charge in [-0.25, -0.2) is 4.79 Å². The molecule has 8 heteroatoms. The molecule has 5 aromatic rings. The number of benzene rings is 5. The van der Waals surface area contributed by atoms with Crippen molar-refractivity contribution >= 4 is 17.9 Å². The summed E-state index contributed by atoms with van der Waals surface area (Å²) in [6.07, 6.45) is 9.96. The van der Waals surface area contributed by atoms with Gasteiger partial charge in [-0.1, -0.05) is 135 Å². The van der Waals surface area contributed by atoms with Gasteiger partial charge in [0.05, 0.1) is 5.92 Å². The molecule has 0 aliphatic rings. The molecule has 0 amide bonds. The molecule has 0 fully saturated rings. The normalized spacial score (nSPS) is 14.6. The fraction of sp³-hybridized carbons (Fsp3) is 0.450. The number of aryl methyl sites for hydroxylation is 2. The van der Waals surface area contributed by atoms with Gasteiger partial charge in [-0.3, -0.25) is 9.59 Å². The summed E-state index contributed by atoms with van der Waals surface area (Å²) < 4.78 is 30.2. The molecule has 68 heavy (non-hydrogen) atoms. The van der Waals surface area contributed by atoms with Gasteiger partial charge in [-0.2, -0.15) is 0 Å². The number of unbranched alkanes of at least 4 members (excludes halogenated alkanes) is 4. The van der Waals surface area contributed by atoms with Crippen LogP contribution >= 0.6 is 0 Å². The molecule has 0 heterocycles. The van der Waals surface area contributed by atoms with Crippen molar-refractivity contribution in [1.29, 1.82) is 0 Å². The number of esters is 3. The highest BCUT2D eigenvalue weighted by atomic mass is 16.6. The number of rotatable bonds is 24. The molecule has 0 aliphatic heterocycles. The fourth-order valence-corrected chi connectivity index (χ4v) is 8.00. The highest BCUT2D eigenvalue weighted by molar-refractivity contribution is 5.82. The third-order valence-electron chi connectivity index (χ3n) is 14.0. The number of hydrogen-bond acceptors (Lipinski definition) is 8. The molecule has 0 saturated carbocycles. The molecule has 0 bridgehead atoms. The van der Waals surface area contributed by atoms with E-state index in [4.69, 9.17) is 23.7 Å². The lowest BCUT2D eigenvalue weighted by Gasteiger charge is -2.43. The summed E-state index contributed by atoms with van der Waals surface area (Å²) in [7, 11) is 0. The number of hydrogen-bond donors (Lipinski definition) is 0. The van der Waals surface area contributed by atoms with E-state index in [0.29, 0.717) is 48.0 Å². The van der Waals surface area contributed by atoms with Gasteiger partial charge in [0.2, 0.25) is 5.60 Å². The summed E-state index contributed by atoms with van der Waals surface area (Å²) in [5.74, 6) is 1.79. The minimum Gasteiger partial charge on any atom is -0.486 e. The van der Waals surface area contributed by atoms with E-state index in [1.54, 1.807) is 6.92 Å². The van der Waals surface area contributed by atoms with E-state index in [1.807, 2.05) is 146 Å². The molecule has 0 radical (unpaired) electrons. The molecule has 5 aromatic carbocycles. The molecule has 0 spiro atoms. The molecule has 4 unspecified atom stereocenters. The Kier molecular flexibility index (Phi) is 18.7. The van der Waals surface area contributed by atoms with Crippen LogP contribution in [-0.4, -0.2) is 29.1 Å². The molecule has 5 rings (SSSR count). The van der Waals surface area contributed by atoms with Crippen molar-refractivity contribution in [2.75, 3.05) is 0 Å². The summed E-state index contributed by atoms with van der Waals surface area (Å²) >= 11 is 0. The summed E-state index contributed by atoms with van der Waals surface area (Å²) in [5, 5.41) is 0. The zero-order valence-electron chi connectivity index (χ0n) is 42.7. The van der Waals surface area contributed by atoms with E-state index in [1.165, 1.54) is 16.7 Å². The molecular formula is C60H76O8. The van der Waals surface area contributed by atoms with Gasteiger partial charge < -0.3 is 23.7 Å². The predicted molar refractivity (Wildman–Crippen MR) is 274 cm³/mol. The van der Waals surface area contributed by atoms with E-state index in [2.05, 4.69) is 45.0 Å². The highest BCUT2D eigenvalue weighted by Gasteiger charge is 2.51. The lowest BCUT2D eigenvalue weighted by molar-refractivity contribution is -0.159. The van der Waals surface area contributed by atoms with Crippen molar-refractivity contribution in [3.63, 3.8) is 0 Å². The maximum Gasteiger partial charge on any atom is 0.355 e. The standard InChI is InChI=1S/C60H76O8/c1-12-43(5)54(61)64-49-37-27-46(28-38-49)47-29-39-53(40-30-47)68-60(11,15-4)58(9,13-2)55(62)65-50-33-23-44(24-34-50)21-19-17-16-18-20-22-45-25-35-52(36-26-45)67-59(10,14-3)56(63)66-51-41-31-48(32-42-51)57(6,7)8/h23-43H,12-22H2,1-11H3. The van der Waals surface area contributed by atoms with Gasteiger partial charge in [-0.05, 0) is 166 Å². The second kappa shape index (κ2) is 23.9. The Balaban J connectivity index is 1.02. The molecule has 364 valence electrons. The van der Waals surface area contributed by atoms with E-state index < -0.39 is 22.6 Å². The number of carbonyl (C=O) groups excluding carboxylic acids is 3. The van der Waals surface area contributed by atoms with Crippen molar-refractivity contribution in [2.24, 2.45) is 11.3 Å². The zero-order valence-corrected chi connectivity index (χ0v) is 42.7. The molecule has 4 atom stereocenters. The molecular weight excluding hydrogens is 849 g/mol. The van der Waals surface area contributed by atoms with Crippen molar-refractivity contribution in [3.05, 3.63) is 138 Å². The number of ether oxygens (including phenoxy) is 5. The van der Waals surface area contributed by atoms with Crippen LogP contribution in [0.4, 0.5) is 0 Å². The van der Waals surface area contributed by atoms with Gasteiger partial charge in [0.1, 0.15) is 39.8 Å². The van der Waals surface area contributed by atoms with E-state index in [9.17, 15) is 14.4 Å². The summed E-state index contributed by atoms with van der Waals surface area (Å²) in [5.41, 5.74) is 2.79. The third-order valence-corrected chi connectivity index (χ3v) is 14.0. The Bertz CT molecular complexity index is 2360. The smallest absolute Gasteiger partial charge is 0.355 e. The van der Waals surface area contributed by atoms with Gasteiger partial charge in [0.15, 0.2) is 0 Å². The minimum absolute atomic E-state index is 0.0220. The maximum atomic E-state index is 13.9. The highest BCUT2D eigenvalue weighted by Crippen LogP contribution is 2.42. The van der Waals surface area contributed by atoms with Gasteiger partial charge >= 0.3 is 17.9 Å². The first kappa shape index (κ1) is 53.1. The second-order valence-electron chi connectivity index (χ2n) is 19.9. The number of carbonyl (C=O) groups is 3. The SMILES string of the molecule is CCC(C)C(=O)Oc1ccc(-c2ccc(OC(C)(CC)C(C)(CC)C(=O)Oc3ccc(CCCCCCCc4ccc(OC(C)(CC)C(=O)Oc5ccc(C(C)(C)C)cc5)cc4)cc3)cc2)cc1. The van der Waals surface area contributed by atoms with Gasteiger partial charge in [-0.15, -0.1) is 0 Å². The first-order valence-electron chi connectivity index (χ1n) is 24.9. The van der Waals surface area contributed by atoms with Gasteiger partial charge in [0.25, 0.3) is 0 Å². The Labute approximate surface area is 407 Å². The summed E-state index contributed by atoms with van der Waals surface area (Å²) in [6, 6.07) is 39.0. The first-order valence-corrected chi connectivity index (χ1v) is 24.9. The van der Waals surface area contributed by atoms with Crippen molar-refractivity contribution in [1.82, 2.24) is 0 Å². The van der Waals surface area contributed by atoms with Crippen molar-refractivity contribution in [2.45, 2.75) is 163 Å². The maximum absolute atomic E-state index is 13.9. The predicted octanol–water partition coefficient (Wildman–Crippen LogP) is 15.1. The molecule has 0 saturated heterocycles. The van der Waals surface area contributed by atoms with E-state index >= 15 is 0 Å². The van der Waals surface area contributed by atoms with E-state index in [0.717, 1.165) is 62.5 Å². The Morgan fingerprint density at radius 2 is 0.868 bits per heavy atom. The van der Waals surface area contributed by atoms with Crippen LogP contribution in [0.3, 0.4) is 0 Å². The van der Waals surface area contributed by atoms with Crippen LogP contribution in [-0.2, 0) is 32.6 Å². The molecule has 0 aromatic heterocycles.